The van der Waals surface area contributed by atoms with Crippen molar-refractivity contribution in [2.24, 2.45) is 39.3 Å². The molecule has 2 saturated carbocycles. The number of nitrogens with two attached hydrogens (primary N) is 2. The van der Waals surface area contributed by atoms with E-state index in [-0.39, 0.29) is 42.3 Å². The van der Waals surface area contributed by atoms with Crippen LogP contribution >= 0.6 is 11.8 Å². The molecular weight excluding hydrogens is 841 g/mol. The molecule has 4 N–H and O–H groups in total. The molecule has 14 nitrogen and oxygen atoms in total. The number of nitrogens with zero attached hydrogens (tertiary/aromatic N) is 5. The molecule has 0 amide bonds. The van der Waals surface area contributed by atoms with Gasteiger partial charge in [-0.3, -0.25) is 18.5 Å². The summed E-state index contributed by atoms with van der Waals surface area (Å²) < 4.78 is 67.5. The number of aromatic nitrogens is 3. The number of thioether (sulfide) groups is 1. The van der Waals surface area contributed by atoms with Crippen LogP contribution in [0.5, 0.6) is 0 Å². The van der Waals surface area contributed by atoms with Crippen molar-refractivity contribution in [2.75, 3.05) is 19.5 Å². The van der Waals surface area contributed by atoms with Gasteiger partial charge < -0.3 is 20.9 Å². The molecule has 0 bridgehead atoms. The summed E-state index contributed by atoms with van der Waals surface area (Å²) in [5.41, 5.74) is 15.7. The van der Waals surface area contributed by atoms with E-state index in [1.54, 1.807) is 60.0 Å². The lowest BCUT2D eigenvalue weighted by molar-refractivity contribution is -0.156. The molecule has 4 atom stereocenters. The highest BCUT2D eigenvalue weighted by Crippen LogP contribution is 2.53. The van der Waals surface area contributed by atoms with Crippen LogP contribution in [-0.4, -0.2) is 77.4 Å². The number of aliphatic imine (C=N–C) groups is 2. The van der Waals surface area contributed by atoms with Gasteiger partial charge in [-0.15, -0.1) is 5.10 Å². The van der Waals surface area contributed by atoms with Crippen molar-refractivity contribution < 1.29 is 40.4 Å². The Morgan fingerprint density at radius 2 is 1.32 bits per heavy atom. The molecule has 4 aliphatic rings. The number of fused-ring (bicyclic) bond motifs is 2. The Labute approximate surface area is 364 Å². The zero-order chi connectivity index (χ0) is 44.7. The first-order chi connectivity index (χ1) is 29.6. The number of allylic oxidation sites excluding steroid dienone is 4. The maximum Gasteiger partial charge on any atom is 0.316 e. The summed E-state index contributed by atoms with van der Waals surface area (Å²) in [6, 6.07) is 11.7. The Morgan fingerprint density at radius 3 is 1.76 bits per heavy atom. The number of carbonyl (C=O) groups excluding carboxylic acids is 2. The smallest absolute Gasteiger partial charge is 0.316 e. The Hall–Kier alpha value is -5.46. The van der Waals surface area contributed by atoms with E-state index in [2.05, 4.69) is 20.1 Å². The first kappa shape index (κ1) is 46.1. The van der Waals surface area contributed by atoms with Gasteiger partial charge in [-0.2, -0.15) is 8.42 Å². The monoisotopic (exact) mass is 891 g/mol. The first-order valence-corrected chi connectivity index (χ1v) is 23.0. The minimum absolute atomic E-state index is 0.173. The third kappa shape index (κ3) is 10.8. The van der Waals surface area contributed by atoms with Gasteiger partial charge in [-0.25, -0.2) is 23.7 Å². The second-order valence-corrected chi connectivity index (χ2v) is 18.3. The van der Waals surface area contributed by atoms with Gasteiger partial charge in [-0.1, -0.05) is 22.9 Å². The van der Waals surface area contributed by atoms with E-state index >= 15 is 0 Å². The van der Waals surface area contributed by atoms with Gasteiger partial charge in [-0.05, 0) is 149 Å². The predicted octanol–water partition coefficient (Wildman–Crippen LogP) is 7.24. The fourth-order valence-electron chi connectivity index (χ4n) is 8.36. The van der Waals surface area contributed by atoms with E-state index in [1.165, 1.54) is 36.7 Å². The number of carbonyl (C=O) groups is 2. The summed E-state index contributed by atoms with van der Waals surface area (Å²) in [5.74, 6) is -1.34. The molecule has 0 unspecified atom stereocenters. The quantitative estimate of drug-likeness (QED) is 0.153. The number of benzene rings is 2. The van der Waals surface area contributed by atoms with Crippen LogP contribution in [-0.2, 0) is 40.4 Å². The highest BCUT2D eigenvalue weighted by molar-refractivity contribution is 7.99. The molecule has 2 aromatic carbocycles. The van der Waals surface area contributed by atoms with Crippen LogP contribution in [0.25, 0.3) is 0 Å². The topological polar surface area (TPSA) is 203 Å². The van der Waals surface area contributed by atoms with Gasteiger partial charge in [0, 0.05) is 12.3 Å². The maximum atomic E-state index is 13.3. The molecule has 18 heteroatoms. The Balaban J connectivity index is 0.000000207. The standard InChI is InChI=1S/C23H26FN5O2S.C21H25FN2O5S/c1-3-31-21(30)23-11-15(13-25)20(27-18-7-5-17(24)6-8-18)10-16(23)4-9-19(12-23)32-22-26-14-29(2)28-22;1-3-28-20(25)21-11-14(13-23)19(24-17-7-5-16(22)6-8-17)10-15(21)4-9-18(12-21)29-30(2,26)27/h5-8,10,13-14,19H,3-4,9,11-12,25H2,1-2H3;5-8,10,13,18H,3-4,9,11-12,23H2,1-2H3/t19-,23-;18-,21+/m01/s1. The molecular formula is C44H51F2N7O7S2. The lowest BCUT2D eigenvalue weighted by Crippen LogP contribution is -2.45. The van der Waals surface area contributed by atoms with Crippen molar-refractivity contribution in [3.8, 4) is 0 Å². The summed E-state index contributed by atoms with van der Waals surface area (Å²) in [6.07, 6.45) is 12.7. The molecule has 3 aromatic rings. The van der Waals surface area contributed by atoms with E-state index < -0.39 is 33.0 Å². The summed E-state index contributed by atoms with van der Waals surface area (Å²) >= 11 is 1.59. The molecule has 330 valence electrons. The van der Waals surface area contributed by atoms with Crippen molar-refractivity contribution >= 4 is 56.6 Å². The molecule has 1 heterocycles. The van der Waals surface area contributed by atoms with Crippen molar-refractivity contribution in [1.82, 2.24) is 14.8 Å². The molecule has 0 spiro atoms. The third-order valence-electron chi connectivity index (χ3n) is 11.2. The van der Waals surface area contributed by atoms with Crippen LogP contribution in [0.3, 0.4) is 0 Å². The lowest BCUT2D eigenvalue weighted by Gasteiger charge is -2.43. The van der Waals surface area contributed by atoms with Crippen LogP contribution in [0.15, 0.2) is 117 Å². The number of esters is 2. The van der Waals surface area contributed by atoms with Crippen LogP contribution < -0.4 is 11.5 Å². The first-order valence-electron chi connectivity index (χ1n) is 20.3. The van der Waals surface area contributed by atoms with Gasteiger partial charge in [0.25, 0.3) is 10.1 Å². The second-order valence-electron chi connectivity index (χ2n) is 15.5. The third-order valence-corrected chi connectivity index (χ3v) is 12.9. The summed E-state index contributed by atoms with van der Waals surface area (Å²) in [6.45, 7) is 4.04. The minimum Gasteiger partial charge on any atom is -0.465 e. The average Bonchev–Trinajstić information content (AvgIpc) is 3.65. The average molecular weight is 892 g/mol. The predicted molar refractivity (Wildman–Crippen MR) is 233 cm³/mol. The summed E-state index contributed by atoms with van der Waals surface area (Å²) in [4.78, 5) is 39.8. The van der Waals surface area contributed by atoms with Crippen molar-refractivity contribution in [2.45, 2.75) is 81.7 Å². The minimum atomic E-state index is -3.67. The van der Waals surface area contributed by atoms with Crippen molar-refractivity contribution in [1.29, 1.82) is 0 Å². The molecule has 4 aliphatic carbocycles. The van der Waals surface area contributed by atoms with E-state index in [9.17, 15) is 26.8 Å². The second kappa shape index (κ2) is 19.7. The van der Waals surface area contributed by atoms with E-state index in [0.29, 0.717) is 65.8 Å². The summed E-state index contributed by atoms with van der Waals surface area (Å²) in [7, 11) is -1.83. The van der Waals surface area contributed by atoms with Crippen molar-refractivity contribution in [3.05, 3.63) is 113 Å². The maximum absolute atomic E-state index is 13.3. The number of hydrogen-bond donors (Lipinski definition) is 2. The Kier molecular flexibility index (Phi) is 14.6. The Morgan fingerprint density at radius 1 is 0.839 bits per heavy atom. The zero-order valence-corrected chi connectivity index (χ0v) is 36.7. The largest absolute Gasteiger partial charge is 0.465 e. The van der Waals surface area contributed by atoms with Gasteiger partial charge in [0.1, 0.15) is 18.0 Å². The number of aryl methyl sites for hydroxylation is 1. The molecule has 7 rings (SSSR count). The van der Waals surface area contributed by atoms with Crippen LogP contribution in [0, 0.1) is 22.5 Å². The molecule has 62 heavy (non-hydrogen) atoms. The van der Waals surface area contributed by atoms with Crippen LogP contribution in [0.1, 0.15) is 65.2 Å². The summed E-state index contributed by atoms with van der Waals surface area (Å²) in [5, 5.41) is 5.25. The molecule has 0 saturated heterocycles. The highest BCUT2D eigenvalue weighted by atomic mass is 32.2. The van der Waals surface area contributed by atoms with Gasteiger partial charge in [0.2, 0.25) is 5.16 Å². The number of hydrogen-bond acceptors (Lipinski definition) is 14. The van der Waals surface area contributed by atoms with Gasteiger partial charge in [0.15, 0.2) is 0 Å². The highest BCUT2D eigenvalue weighted by Gasteiger charge is 2.52. The number of halogens is 2. The van der Waals surface area contributed by atoms with Crippen LogP contribution in [0.2, 0.25) is 0 Å². The zero-order valence-electron chi connectivity index (χ0n) is 35.1. The van der Waals surface area contributed by atoms with E-state index in [1.807, 2.05) is 20.0 Å². The van der Waals surface area contributed by atoms with E-state index in [0.717, 1.165) is 35.8 Å². The fraction of sp³-hybridized carbons (Fsp3) is 0.409. The van der Waals surface area contributed by atoms with Crippen LogP contribution in [0.4, 0.5) is 20.2 Å². The molecule has 2 fully saturated rings. The molecule has 1 aromatic heterocycles. The SMILES string of the molecule is CCOC(=O)[C@]12CC(=CN)C(=Nc3ccc(F)cc3)C=C1CC[C@@H](OS(C)(=O)=O)C2.CCOC(=O)[C@]12CC(=CN)C(=Nc3ccc(F)cc3)C=C1CC[C@H](Sc1ncn(C)n1)C2. The van der Waals surface area contributed by atoms with Gasteiger partial charge in [0.05, 0.1) is 59.2 Å². The van der Waals surface area contributed by atoms with E-state index in [4.69, 9.17) is 25.1 Å². The number of rotatable bonds is 10. The van der Waals surface area contributed by atoms with Gasteiger partial charge >= 0.3 is 11.9 Å². The lowest BCUT2D eigenvalue weighted by atomic mass is 9.62. The fourth-order valence-corrected chi connectivity index (χ4v) is 10.2. The molecule has 0 aliphatic heterocycles. The Bertz CT molecular complexity index is 2450. The van der Waals surface area contributed by atoms with Crippen molar-refractivity contribution in [3.63, 3.8) is 0 Å². The molecule has 0 radical (unpaired) electrons. The normalized spacial score (nSPS) is 26.2. The number of ether oxygens (including phenoxy) is 2.